The van der Waals surface area contributed by atoms with Gasteiger partial charge in [-0.25, -0.2) is 0 Å². The zero-order valence-electron chi connectivity index (χ0n) is 8.18. The molecule has 0 amide bonds. The van der Waals surface area contributed by atoms with Gasteiger partial charge in [-0.05, 0) is 26.4 Å². The Morgan fingerprint density at radius 3 is 2.83 bits per heavy atom. The second-order valence-electron chi connectivity index (χ2n) is 3.65. The Morgan fingerprint density at radius 1 is 1.42 bits per heavy atom. The third kappa shape index (κ3) is 2.31. The minimum Gasteiger partial charge on any atom is -0.298 e. The molecule has 0 aliphatic heterocycles. The Kier molecular flexibility index (Phi) is 3.73. The lowest BCUT2D eigenvalue weighted by atomic mass is 10.1. The van der Waals surface area contributed by atoms with Crippen molar-refractivity contribution in [3.8, 4) is 0 Å². The minimum atomic E-state index is 0.220. The lowest BCUT2D eigenvalue weighted by Gasteiger charge is -2.23. The first kappa shape index (κ1) is 9.72. The highest BCUT2D eigenvalue weighted by molar-refractivity contribution is 5.84. The summed E-state index contributed by atoms with van der Waals surface area (Å²) < 4.78 is 0. The lowest BCUT2D eigenvalue weighted by molar-refractivity contribution is -0.123. The molecule has 1 saturated carbocycles. The molecule has 0 radical (unpaired) electrons. The van der Waals surface area contributed by atoms with Crippen molar-refractivity contribution in [2.45, 2.75) is 45.1 Å². The van der Waals surface area contributed by atoms with E-state index in [0.29, 0.717) is 5.78 Å². The summed E-state index contributed by atoms with van der Waals surface area (Å²) in [6.07, 6.45) is 5.44. The summed E-state index contributed by atoms with van der Waals surface area (Å²) >= 11 is 0. The summed E-state index contributed by atoms with van der Waals surface area (Å²) in [6, 6.07) is 0.220. The topological polar surface area (TPSA) is 20.3 Å². The first-order valence-corrected chi connectivity index (χ1v) is 4.98. The van der Waals surface area contributed by atoms with E-state index in [1.807, 2.05) is 7.05 Å². The molecule has 12 heavy (non-hydrogen) atoms. The van der Waals surface area contributed by atoms with Crippen molar-refractivity contribution in [2.75, 3.05) is 13.6 Å². The van der Waals surface area contributed by atoms with E-state index in [1.54, 1.807) is 0 Å². The van der Waals surface area contributed by atoms with Gasteiger partial charge in [-0.15, -0.1) is 0 Å². The van der Waals surface area contributed by atoms with Crippen LogP contribution in [0.25, 0.3) is 0 Å². The number of hydrogen-bond donors (Lipinski definition) is 0. The Balaban J connectivity index is 2.52. The van der Waals surface area contributed by atoms with Crippen LogP contribution >= 0.6 is 0 Å². The van der Waals surface area contributed by atoms with Gasteiger partial charge in [0.2, 0.25) is 0 Å². The molecule has 70 valence electrons. The van der Waals surface area contributed by atoms with Crippen molar-refractivity contribution in [3.63, 3.8) is 0 Å². The minimum absolute atomic E-state index is 0.220. The second-order valence-corrected chi connectivity index (χ2v) is 3.65. The summed E-state index contributed by atoms with van der Waals surface area (Å²) in [5.41, 5.74) is 0. The molecular formula is C10H19NO. The molecule has 2 heteroatoms. The molecule has 2 nitrogen and oxygen atoms in total. The fourth-order valence-electron chi connectivity index (χ4n) is 1.83. The highest BCUT2D eigenvalue weighted by Gasteiger charge is 2.23. The van der Waals surface area contributed by atoms with E-state index in [9.17, 15) is 4.79 Å². The van der Waals surface area contributed by atoms with Gasteiger partial charge < -0.3 is 0 Å². The molecule has 1 aliphatic carbocycles. The van der Waals surface area contributed by atoms with Crippen LogP contribution in [0.4, 0.5) is 0 Å². The fraction of sp³-hybridized carbons (Fsp3) is 0.900. The lowest BCUT2D eigenvalue weighted by Crippen LogP contribution is -2.37. The van der Waals surface area contributed by atoms with Crippen molar-refractivity contribution in [1.82, 2.24) is 4.90 Å². The molecule has 0 aromatic rings. The number of nitrogens with zero attached hydrogens (tertiary/aromatic N) is 1. The number of carbonyl (C=O) groups excluding carboxylic acids is 1. The van der Waals surface area contributed by atoms with E-state index in [2.05, 4.69) is 11.8 Å². The first-order valence-electron chi connectivity index (χ1n) is 4.98. The smallest absolute Gasteiger partial charge is 0.149 e. The third-order valence-corrected chi connectivity index (χ3v) is 2.80. The van der Waals surface area contributed by atoms with Crippen LogP contribution in [0, 0.1) is 0 Å². The molecule has 1 unspecified atom stereocenters. The standard InChI is InChI=1S/C10H19NO/c1-3-11(2)9-7-5-4-6-8-10(9)12/h9H,3-8H2,1-2H3. The molecule has 1 rings (SSSR count). The third-order valence-electron chi connectivity index (χ3n) is 2.80. The molecular weight excluding hydrogens is 150 g/mol. The van der Waals surface area contributed by atoms with Crippen LogP contribution in [0.2, 0.25) is 0 Å². The maximum Gasteiger partial charge on any atom is 0.149 e. The highest BCUT2D eigenvalue weighted by atomic mass is 16.1. The zero-order chi connectivity index (χ0) is 8.97. The number of ketones is 1. The SMILES string of the molecule is CCN(C)C1CCCCCC1=O. The molecule has 1 aliphatic rings. The van der Waals surface area contributed by atoms with Crippen molar-refractivity contribution >= 4 is 5.78 Å². The molecule has 1 atom stereocenters. The van der Waals surface area contributed by atoms with Gasteiger partial charge in [0.1, 0.15) is 5.78 Å². The van der Waals surface area contributed by atoms with Gasteiger partial charge in [-0.1, -0.05) is 19.8 Å². The van der Waals surface area contributed by atoms with E-state index in [-0.39, 0.29) is 6.04 Å². The molecule has 1 fully saturated rings. The van der Waals surface area contributed by atoms with Crippen LogP contribution in [0.5, 0.6) is 0 Å². The largest absolute Gasteiger partial charge is 0.298 e. The molecule has 0 N–H and O–H groups in total. The second kappa shape index (κ2) is 4.61. The maximum atomic E-state index is 11.6. The summed E-state index contributed by atoms with van der Waals surface area (Å²) in [5, 5.41) is 0. The molecule has 0 aromatic heterocycles. The van der Waals surface area contributed by atoms with Gasteiger partial charge in [-0.3, -0.25) is 9.69 Å². The summed E-state index contributed by atoms with van der Waals surface area (Å²) in [7, 11) is 2.05. The van der Waals surface area contributed by atoms with E-state index < -0.39 is 0 Å². The molecule has 0 aromatic carbocycles. The van der Waals surface area contributed by atoms with Gasteiger partial charge in [0.05, 0.1) is 6.04 Å². The van der Waals surface area contributed by atoms with E-state index >= 15 is 0 Å². The van der Waals surface area contributed by atoms with Gasteiger partial charge in [0.25, 0.3) is 0 Å². The van der Waals surface area contributed by atoms with Crippen LogP contribution in [0.3, 0.4) is 0 Å². The van der Waals surface area contributed by atoms with Gasteiger partial charge >= 0.3 is 0 Å². The van der Waals surface area contributed by atoms with Crippen molar-refractivity contribution in [2.24, 2.45) is 0 Å². The molecule has 0 saturated heterocycles. The van der Waals surface area contributed by atoms with Gasteiger partial charge in [0.15, 0.2) is 0 Å². The van der Waals surface area contributed by atoms with Crippen molar-refractivity contribution in [3.05, 3.63) is 0 Å². The summed E-state index contributed by atoms with van der Waals surface area (Å²) in [6.45, 7) is 3.09. The van der Waals surface area contributed by atoms with Crippen LogP contribution in [0.1, 0.15) is 39.0 Å². The Labute approximate surface area is 74.9 Å². The van der Waals surface area contributed by atoms with Crippen LogP contribution in [0.15, 0.2) is 0 Å². The highest BCUT2D eigenvalue weighted by Crippen LogP contribution is 2.17. The fourth-order valence-corrected chi connectivity index (χ4v) is 1.83. The van der Waals surface area contributed by atoms with E-state index in [0.717, 1.165) is 25.8 Å². The normalized spacial score (nSPS) is 25.9. The monoisotopic (exact) mass is 169 g/mol. The van der Waals surface area contributed by atoms with Crippen LogP contribution in [-0.2, 0) is 4.79 Å². The Bertz CT molecular complexity index is 156. The average Bonchev–Trinajstić information content (AvgIpc) is 2.28. The Hall–Kier alpha value is -0.370. The number of likely N-dealkylation sites (N-methyl/N-ethyl adjacent to an activating group) is 1. The molecule has 0 bridgehead atoms. The average molecular weight is 169 g/mol. The van der Waals surface area contributed by atoms with Gasteiger partial charge in [-0.2, -0.15) is 0 Å². The number of Topliss-reactive ketones (excluding diaryl/α,β-unsaturated/α-hetero) is 1. The quantitative estimate of drug-likeness (QED) is 0.588. The predicted octanol–water partition coefficient (Wildman–Crippen LogP) is 1.84. The Morgan fingerprint density at radius 2 is 2.17 bits per heavy atom. The van der Waals surface area contributed by atoms with E-state index in [4.69, 9.17) is 0 Å². The zero-order valence-corrected chi connectivity index (χ0v) is 8.18. The van der Waals surface area contributed by atoms with E-state index in [1.165, 1.54) is 12.8 Å². The van der Waals surface area contributed by atoms with Crippen LogP contribution < -0.4 is 0 Å². The summed E-state index contributed by atoms with van der Waals surface area (Å²) in [5.74, 6) is 0.455. The maximum absolute atomic E-state index is 11.6. The van der Waals surface area contributed by atoms with Crippen molar-refractivity contribution < 1.29 is 4.79 Å². The van der Waals surface area contributed by atoms with Gasteiger partial charge in [0, 0.05) is 6.42 Å². The number of carbonyl (C=O) groups is 1. The number of hydrogen-bond acceptors (Lipinski definition) is 2. The van der Waals surface area contributed by atoms with Crippen LogP contribution in [-0.4, -0.2) is 30.3 Å². The summed E-state index contributed by atoms with van der Waals surface area (Å²) in [4.78, 5) is 13.7. The first-order chi connectivity index (χ1) is 5.75. The molecule has 0 spiro atoms. The number of rotatable bonds is 2. The molecule has 0 heterocycles. The predicted molar refractivity (Wildman–Crippen MR) is 50.2 cm³/mol. The van der Waals surface area contributed by atoms with Crippen molar-refractivity contribution in [1.29, 1.82) is 0 Å².